The Morgan fingerprint density at radius 3 is 2.95 bits per heavy atom. The van der Waals surface area contributed by atoms with Crippen LogP contribution in [0.1, 0.15) is 42.6 Å². The molecule has 114 valence electrons. The van der Waals surface area contributed by atoms with Crippen molar-refractivity contribution in [3.8, 4) is 0 Å². The predicted octanol–water partition coefficient (Wildman–Crippen LogP) is 1.15. The second-order valence-corrected chi connectivity index (χ2v) is 6.36. The first kappa shape index (κ1) is 14.3. The van der Waals surface area contributed by atoms with E-state index in [0.717, 1.165) is 25.7 Å². The lowest BCUT2D eigenvalue weighted by atomic mass is 9.71. The lowest BCUT2D eigenvalue weighted by Crippen LogP contribution is -2.55. The fourth-order valence-corrected chi connectivity index (χ4v) is 3.70. The molecule has 1 saturated carbocycles. The Kier molecular flexibility index (Phi) is 3.61. The second-order valence-electron chi connectivity index (χ2n) is 6.36. The fraction of sp³-hybridized carbons (Fsp3) is 0.625. The first-order chi connectivity index (χ1) is 10.0. The number of rotatable bonds is 1. The van der Waals surface area contributed by atoms with Gasteiger partial charge in [0, 0.05) is 32.1 Å². The van der Waals surface area contributed by atoms with Crippen molar-refractivity contribution in [1.29, 1.82) is 0 Å². The molecule has 2 aliphatic rings. The Morgan fingerprint density at radius 2 is 2.14 bits per heavy atom. The fourth-order valence-electron chi connectivity index (χ4n) is 3.70. The summed E-state index contributed by atoms with van der Waals surface area (Å²) < 4.78 is 1.39. The summed E-state index contributed by atoms with van der Waals surface area (Å²) in [6.07, 6.45) is 4.68. The molecule has 2 fully saturated rings. The summed E-state index contributed by atoms with van der Waals surface area (Å²) in [5.41, 5.74) is -0.340. The Labute approximate surface area is 124 Å². The van der Waals surface area contributed by atoms with Crippen molar-refractivity contribution < 1.29 is 9.90 Å². The summed E-state index contributed by atoms with van der Waals surface area (Å²) in [6, 6.07) is 4.76. The molecule has 5 heteroatoms. The molecule has 2 heterocycles. The van der Waals surface area contributed by atoms with E-state index >= 15 is 0 Å². The maximum absolute atomic E-state index is 12.6. The number of carbonyl (C=O) groups is 1. The van der Waals surface area contributed by atoms with Crippen molar-refractivity contribution in [1.82, 2.24) is 9.47 Å². The smallest absolute Gasteiger partial charge is 0.270 e. The number of nitrogens with zero attached hydrogens (tertiary/aromatic N) is 2. The molecule has 1 N–H and O–H groups in total. The molecular formula is C16H22N2O3. The van der Waals surface area contributed by atoms with Gasteiger partial charge in [-0.1, -0.05) is 18.9 Å². The van der Waals surface area contributed by atoms with Gasteiger partial charge >= 0.3 is 0 Å². The van der Waals surface area contributed by atoms with E-state index in [1.54, 1.807) is 24.1 Å². The number of amides is 1. The summed E-state index contributed by atoms with van der Waals surface area (Å²) in [7, 11) is 1.62. The minimum atomic E-state index is -0.586. The topological polar surface area (TPSA) is 62.5 Å². The van der Waals surface area contributed by atoms with E-state index in [0.29, 0.717) is 25.2 Å². The SMILES string of the molecule is Cn1c(C(=O)N2CCC3(O)CCCCC3C2)cccc1=O. The Bertz CT molecular complexity index is 610. The number of hydrogen-bond acceptors (Lipinski definition) is 3. The van der Waals surface area contributed by atoms with Gasteiger partial charge in [-0.15, -0.1) is 0 Å². The maximum atomic E-state index is 12.6. The molecule has 1 aromatic heterocycles. The number of likely N-dealkylation sites (tertiary alicyclic amines) is 1. The minimum absolute atomic E-state index is 0.108. The monoisotopic (exact) mass is 290 g/mol. The largest absolute Gasteiger partial charge is 0.389 e. The predicted molar refractivity (Wildman–Crippen MR) is 79.1 cm³/mol. The lowest BCUT2D eigenvalue weighted by molar-refractivity contribution is -0.0887. The first-order valence-corrected chi connectivity index (χ1v) is 7.69. The third-order valence-corrected chi connectivity index (χ3v) is 5.12. The van der Waals surface area contributed by atoms with Crippen molar-refractivity contribution in [2.45, 2.75) is 37.7 Å². The maximum Gasteiger partial charge on any atom is 0.270 e. The molecule has 2 unspecified atom stereocenters. The van der Waals surface area contributed by atoms with Gasteiger partial charge in [0.2, 0.25) is 0 Å². The van der Waals surface area contributed by atoms with Crippen LogP contribution in [0.15, 0.2) is 23.0 Å². The highest BCUT2D eigenvalue weighted by molar-refractivity contribution is 5.92. The zero-order valence-corrected chi connectivity index (χ0v) is 12.4. The number of hydrogen-bond donors (Lipinski definition) is 1. The molecule has 1 aliphatic heterocycles. The molecule has 0 bridgehead atoms. The van der Waals surface area contributed by atoms with Crippen LogP contribution >= 0.6 is 0 Å². The van der Waals surface area contributed by atoms with Gasteiger partial charge in [-0.25, -0.2) is 0 Å². The van der Waals surface area contributed by atoms with Crippen LogP contribution in [0.2, 0.25) is 0 Å². The second kappa shape index (κ2) is 5.30. The Hall–Kier alpha value is -1.62. The van der Waals surface area contributed by atoms with Crippen molar-refractivity contribution in [2.75, 3.05) is 13.1 Å². The van der Waals surface area contributed by atoms with Gasteiger partial charge in [0.15, 0.2) is 0 Å². The molecule has 1 saturated heterocycles. The van der Waals surface area contributed by atoms with E-state index in [1.807, 2.05) is 0 Å². The molecule has 21 heavy (non-hydrogen) atoms. The van der Waals surface area contributed by atoms with Crippen molar-refractivity contribution in [2.24, 2.45) is 13.0 Å². The molecule has 2 atom stereocenters. The number of aliphatic hydroxyl groups is 1. The number of aromatic nitrogens is 1. The van der Waals surface area contributed by atoms with E-state index in [2.05, 4.69) is 0 Å². The molecule has 1 aromatic rings. The third-order valence-electron chi connectivity index (χ3n) is 5.12. The third kappa shape index (κ3) is 2.50. The molecule has 1 aliphatic carbocycles. The zero-order valence-electron chi connectivity index (χ0n) is 12.4. The van der Waals surface area contributed by atoms with Crippen LogP contribution in [0.5, 0.6) is 0 Å². The number of piperidine rings is 1. The molecule has 0 spiro atoms. The highest BCUT2D eigenvalue weighted by Crippen LogP contribution is 2.39. The van der Waals surface area contributed by atoms with Crippen molar-refractivity contribution in [3.63, 3.8) is 0 Å². The van der Waals surface area contributed by atoms with E-state index in [1.165, 1.54) is 10.6 Å². The van der Waals surface area contributed by atoms with Gasteiger partial charge in [-0.2, -0.15) is 0 Å². The van der Waals surface area contributed by atoms with Gasteiger partial charge in [0.1, 0.15) is 5.69 Å². The van der Waals surface area contributed by atoms with E-state index in [-0.39, 0.29) is 17.4 Å². The summed E-state index contributed by atoms with van der Waals surface area (Å²) in [6.45, 7) is 1.16. The Balaban J connectivity index is 1.80. The zero-order chi connectivity index (χ0) is 15.0. The summed E-state index contributed by atoms with van der Waals surface area (Å²) in [5, 5.41) is 10.7. The highest BCUT2D eigenvalue weighted by atomic mass is 16.3. The minimum Gasteiger partial charge on any atom is -0.389 e. The highest BCUT2D eigenvalue weighted by Gasteiger charge is 2.43. The van der Waals surface area contributed by atoms with Crippen LogP contribution < -0.4 is 5.56 Å². The van der Waals surface area contributed by atoms with Gasteiger partial charge in [-0.3, -0.25) is 9.59 Å². The van der Waals surface area contributed by atoms with Gasteiger partial charge < -0.3 is 14.6 Å². The van der Waals surface area contributed by atoms with E-state index in [9.17, 15) is 14.7 Å². The molecule has 5 nitrogen and oxygen atoms in total. The quantitative estimate of drug-likeness (QED) is 0.844. The standard InChI is InChI=1S/C16H22N2O3/c1-17-13(6-4-7-14(17)19)15(20)18-10-9-16(21)8-3-2-5-12(16)11-18/h4,6-7,12,21H,2-3,5,8-11H2,1H3. The summed E-state index contributed by atoms with van der Waals surface area (Å²) >= 11 is 0. The first-order valence-electron chi connectivity index (χ1n) is 7.69. The molecule has 0 aromatic carbocycles. The normalized spacial score (nSPS) is 29.0. The van der Waals surface area contributed by atoms with Crippen LogP contribution in [0.3, 0.4) is 0 Å². The molecular weight excluding hydrogens is 268 g/mol. The summed E-state index contributed by atoms with van der Waals surface area (Å²) in [5.74, 6) is 0.0625. The molecule has 0 radical (unpaired) electrons. The number of fused-ring (bicyclic) bond motifs is 1. The van der Waals surface area contributed by atoms with Crippen LogP contribution in [0, 0.1) is 5.92 Å². The van der Waals surface area contributed by atoms with Gasteiger partial charge in [0.05, 0.1) is 5.60 Å². The van der Waals surface area contributed by atoms with Gasteiger partial charge in [-0.05, 0) is 25.3 Å². The van der Waals surface area contributed by atoms with Crippen LogP contribution in [0.25, 0.3) is 0 Å². The Morgan fingerprint density at radius 1 is 1.33 bits per heavy atom. The van der Waals surface area contributed by atoms with E-state index in [4.69, 9.17) is 0 Å². The number of pyridine rings is 1. The van der Waals surface area contributed by atoms with Crippen LogP contribution in [0.4, 0.5) is 0 Å². The lowest BCUT2D eigenvalue weighted by Gasteiger charge is -2.47. The van der Waals surface area contributed by atoms with Crippen molar-refractivity contribution >= 4 is 5.91 Å². The average molecular weight is 290 g/mol. The molecule has 1 amide bonds. The van der Waals surface area contributed by atoms with Crippen molar-refractivity contribution in [3.05, 3.63) is 34.2 Å². The average Bonchev–Trinajstić information content (AvgIpc) is 2.48. The van der Waals surface area contributed by atoms with Crippen LogP contribution in [-0.4, -0.2) is 39.2 Å². The summed E-state index contributed by atoms with van der Waals surface area (Å²) in [4.78, 5) is 26.1. The van der Waals surface area contributed by atoms with Crippen LogP contribution in [-0.2, 0) is 7.05 Å². The van der Waals surface area contributed by atoms with Gasteiger partial charge in [0.25, 0.3) is 11.5 Å². The molecule has 3 rings (SSSR count). The number of carbonyl (C=O) groups excluding carboxylic acids is 1. The van der Waals surface area contributed by atoms with E-state index < -0.39 is 5.60 Å².